The summed E-state index contributed by atoms with van der Waals surface area (Å²) in [6.07, 6.45) is 0. The highest BCUT2D eigenvalue weighted by Gasteiger charge is 2.19. The van der Waals surface area contributed by atoms with Crippen LogP contribution in [0.2, 0.25) is 0 Å². The van der Waals surface area contributed by atoms with Crippen LogP contribution in [-0.4, -0.2) is 0 Å². The fourth-order valence-electron chi connectivity index (χ4n) is 2.64. The summed E-state index contributed by atoms with van der Waals surface area (Å²) in [5.41, 5.74) is 1.25. The highest BCUT2D eigenvalue weighted by Crippen LogP contribution is 2.44. The maximum atomic E-state index is 13.5. The van der Waals surface area contributed by atoms with Crippen LogP contribution in [0.5, 0.6) is 0 Å². The van der Waals surface area contributed by atoms with E-state index in [-0.39, 0.29) is 11.1 Å². The van der Waals surface area contributed by atoms with Gasteiger partial charge in [0.1, 0.15) is 0 Å². The minimum Gasteiger partial charge on any atom is -0.204 e. The smallest absolute Gasteiger partial charge is 0.194 e. The van der Waals surface area contributed by atoms with Crippen molar-refractivity contribution in [3.05, 3.63) is 69.9 Å². The molecular formula is C18H6F6S2. The van der Waals surface area contributed by atoms with Crippen molar-refractivity contribution in [2.75, 3.05) is 0 Å². The van der Waals surface area contributed by atoms with Crippen LogP contribution < -0.4 is 0 Å². The van der Waals surface area contributed by atoms with Gasteiger partial charge in [-0.05, 0) is 35.4 Å². The second-order valence-corrected chi connectivity index (χ2v) is 7.22. The van der Waals surface area contributed by atoms with E-state index < -0.39 is 34.9 Å². The van der Waals surface area contributed by atoms with E-state index in [1.807, 2.05) is 0 Å². The second-order valence-electron chi connectivity index (χ2n) is 5.46. The Kier molecular flexibility index (Phi) is 4.04. The molecule has 0 aliphatic carbocycles. The Morgan fingerprint density at radius 2 is 0.808 bits per heavy atom. The summed E-state index contributed by atoms with van der Waals surface area (Å²) in [4.78, 5) is 0. The van der Waals surface area contributed by atoms with Gasteiger partial charge in [0.15, 0.2) is 34.9 Å². The summed E-state index contributed by atoms with van der Waals surface area (Å²) in [6.45, 7) is 0. The molecule has 2 aromatic heterocycles. The molecule has 0 aliphatic rings. The van der Waals surface area contributed by atoms with E-state index in [1.54, 1.807) is 10.8 Å². The summed E-state index contributed by atoms with van der Waals surface area (Å²) in [5, 5.41) is 3.24. The Labute approximate surface area is 151 Å². The predicted octanol–water partition coefficient (Wildman–Crippen LogP) is 7.13. The second kappa shape index (κ2) is 6.14. The van der Waals surface area contributed by atoms with Gasteiger partial charge in [-0.2, -0.15) is 0 Å². The monoisotopic (exact) mass is 400 g/mol. The molecule has 8 heteroatoms. The molecule has 0 atom stereocenters. The maximum absolute atomic E-state index is 13.5. The molecule has 0 saturated heterocycles. The number of hydrogen-bond acceptors (Lipinski definition) is 2. The third-order valence-electron chi connectivity index (χ3n) is 3.87. The summed E-state index contributed by atoms with van der Waals surface area (Å²) in [6, 6.07) is 3.54. The fourth-order valence-corrected chi connectivity index (χ4v) is 5.10. The standard InChI is InChI=1S/C18H6F6S2/c19-11-1-7(2-12(20)15(11)23)9-5-25-18-10(6-26-17(9)18)8-3-13(21)16(24)14(22)4-8/h1-6H. The van der Waals surface area contributed by atoms with Gasteiger partial charge in [-0.15, -0.1) is 22.7 Å². The van der Waals surface area contributed by atoms with Gasteiger partial charge in [-0.1, -0.05) is 0 Å². The van der Waals surface area contributed by atoms with Crippen molar-refractivity contribution in [1.29, 1.82) is 0 Å². The van der Waals surface area contributed by atoms with Crippen LogP contribution in [-0.2, 0) is 0 Å². The number of thiophene rings is 2. The Bertz CT molecular complexity index is 1020. The maximum Gasteiger partial charge on any atom is 0.194 e. The van der Waals surface area contributed by atoms with Crippen LogP contribution in [0, 0.1) is 34.9 Å². The van der Waals surface area contributed by atoms with Crippen LogP contribution in [0.1, 0.15) is 0 Å². The Morgan fingerprint density at radius 1 is 0.500 bits per heavy atom. The first kappa shape index (κ1) is 17.1. The molecule has 2 heterocycles. The van der Waals surface area contributed by atoms with Gasteiger partial charge < -0.3 is 0 Å². The van der Waals surface area contributed by atoms with Crippen LogP contribution in [0.3, 0.4) is 0 Å². The molecule has 0 saturated carbocycles. The van der Waals surface area contributed by atoms with E-state index in [0.29, 0.717) is 20.5 Å². The topological polar surface area (TPSA) is 0 Å². The Balaban J connectivity index is 1.88. The summed E-state index contributed by atoms with van der Waals surface area (Å²) >= 11 is 2.40. The number of benzene rings is 2. The SMILES string of the molecule is Fc1cc(-c2csc3c(-c4cc(F)c(F)c(F)c4)csc23)cc(F)c1F. The van der Waals surface area contributed by atoms with E-state index in [9.17, 15) is 26.3 Å². The van der Waals surface area contributed by atoms with Crippen molar-refractivity contribution >= 4 is 32.1 Å². The van der Waals surface area contributed by atoms with Gasteiger partial charge in [-0.3, -0.25) is 0 Å². The van der Waals surface area contributed by atoms with Crippen molar-refractivity contribution in [3.8, 4) is 22.3 Å². The van der Waals surface area contributed by atoms with E-state index >= 15 is 0 Å². The molecule has 4 aromatic rings. The van der Waals surface area contributed by atoms with E-state index in [2.05, 4.69) is 0 Å². The molecule has 0 aliphatic heterocycles. The van der Waals surface area contributed by atoms with Gasteiger partial charge in [0.2, 0.25) is 0 Å². The van der Waals surface area contributed by atoms with Crippen LogP contribution in [0.15, 0.2) is 35.0 Å². The van der Waals surface area contributed by atoms with Gasteiger partial charge in [0.25, 0.3) is 0 Å². The largest absolute Gasteiger partial charge is 0.204 e. The zero-order valence-corrected chi connectivity index (χ0v) is 14.2. The minimum absolute atomic E-state index is 0.150. The number of halogens is 6. The van der Waals surface area contributed by atoms with E-state index in [1.165, 1.54) is 22.7 Å². The lowest BCUT2D eigenvalue weighted by Gasteiger charge is -2.02. The highest BCUT2D eigenvalue weighted by molar-refractivity contribution is 7.27. The Hall–Kier alpha value is -2.32. The van der Waals surface area contributed by atoms with E-state index in [4.69, 9.17) is 0 Å². The number of hydrogen-bond donors (Lipinski definition) is 0. The highest BCUT2D eigenvalue weighted by atomic mass is 32.1. The molecule has 26 heavy (non-hydrogen) atoms. The number of rotatable bonds is 2. The molecule has 0 spiro atoms. The normalized spacial score (nSPS) is 11.5. The average molecular weight is 400 g/mol. The van der Waals surface area contributed by atoms with Crippen molar-refractivity contribution in [1.82, 2.24) is 0 Å². The molecule has 0 radical (unpaired) electrons. The molecule has 132 valence electrons. The van der Waals surface area contributed by atoms with Gasteiger partial charge in [0.05, 0.1) is 9.40 Å². The van der Waals surface area contributed by atoms with Crippen molar-refractivity contribution in [2.45, 2.75) is 0 Å². The first-order valence-electron chi connectivity index (χ1n) is 7.15. The summed E-state index contributed by atoms with van der Waals surface area (Å²) in [5.74, 6) is -8.33. The first-order valence-corrected chi connectivity index (χ1v) is 8.91. The third-order valence-corrected chi connectivity index (χ3v) is 6.03. The zero-order chi connectivity index (χ0) is 18.6. The lowest BCUT2D eigenvalue weighted by atomic mass is 10.1. The van der Waals surface area contributed by atoms with Gasteiger partial charge in [-0.25, -0.2) is 26.3 Å². The van der Waals surface area contributed by atoms with Crippen LogP contribution in [0.4, 0.5) is 26.3 Å². The van der Waals surface area contributed by atoms with Crippen molar-refractivity contribution in [3.63, 3.8) is 0 Å². The lowest BCUT2D eigenvalue weighted by Crippen LogP contribution is -1.91. The molecule has 0 unspecified atom stereocenters. The molecule has 0 amide bonds. The van der Waals surface area contributed by atoms with Gasteiger partial charge in [0, 0.05) is 21.9 Å². The van der Waals surface area contributed by atoms with Gasteiger partial charge >= 0.3 is 0 Å². The van der Waals surface area contributed by atoms with Crippen molar-refractivity contribution in [2.24, 2.45) is 0 Å². The molecule has 4 rings (SSSR count). The lowest BCUT2D eigenvalue weighted by molar-refractivity contribution is 0.447. The third kappa shape index (κ3) is 2.60. The van der Waals surface area contributed by atoms with Crippen LogP contribution in [0.25, 0.3) is 31.7 Å². The average Bonchev–Trinajstić information content (AvgIpc) is 3.18. The summed E-state index contributed by atoms with van der Waals surface area (Å²) in [7, 11) is 0. The zero-order valence-electron chi connectivity index (χ0n) is 12.5. The molecule has 0 fully saturated rings. The summed E-state index contributed by atoms with van der Waals surface area (Å²) < 4.78 is 81.6. The Morgan fingerprint density at radius 3 is 1.12 bits per heavy atom. The molecule has 0 nitrogen and oxygen atoms in total. The fraction of sp³-hybridized carbons (Fsp3) is 0. The van der Waals surface area contributed by atoms with Crippen LogP contribution >= 0.6 is 22.7 Å². The van der Waals surface area contributed by atoms with Crippen molar-refractivity contribution < 1.29 is 26.3 Å². The predicted molar refractivity (Wildman–Crippen MR) is 90.3 cm³/mol. The number of fused-ring (bicyclic) bond motifs is 1. The van der Waals surface area contributed by atoms with E-state index in [0.717, 1.165) is 24.3 Å². The molecule has 0 bridgehead atoms. The molecular weight excluding hydrogens is 394 g/mol. The quantitative estimate of drug-likeness (QED) is 0.248. The molecule has 2 aromatic carbocycles. The molecule has 0 N–H and O–H groups in total. The minimum atomic E-state index is -1.55. The first-order chi connectivity index (χ1) is 12.4.